The molecule has 2 aliphatic heterocycles. The Kier molecular flexibility index (Phi) is 3.74. The lowest BCUT2D eigenvalue weighted by Gasteiger charge is -2.39. The van der Waals surface area contributed by atoms with Gasteiger partial charge in [-0.25, -0.2) is 9.59 Å². The van der Waals surface area contributed by atoms with Gasteiger partial charge in [-0.05, 0) is 30.6 Å². The van der Waals surface area contributed by atoms with Crippen LogP contribution in [0.25, 0.3) is 0 Å². The molecule has 2 aliphatic rings. The minimum Gasteiger partial charge on any atom is -0.480 e. The van der Waals surface area contributed by atoms with Gasteiger partial charge in [-0.1, -0.05) is 20.8 Å². The van der Waals surface area contributed by atoms with E-state index in [0.29, 0.717) is 6.54 Å². The van der Waals surface area contributed by atoms with E-state index in [1.807, 2.05) is 11.8 Å². The van der Waals surface area contributed by atoms with Crippen LogP contribution in [0.5, 0.6) is 0 Å². The first-order chi connectivity index (χ1) is 8.82. The Morgan fingerprint density at radius 2 is 1.95 bits per heavy atom. The Morgan fingerprint density at radius 3 is 2.47 bits per heavy atom. The van der Waals surface area contributed by atoms with Crippen molar-refractivity contribution in [2.24, 2.45) is 11.3 Å². The highest BCUT2D eigenvalue weighted by molar-refractivity contribution is 5.83. The van der Waals surface area contributed by atoms with Gasteiger partial charge in [0.1, 0.15) is 6.04 Å². The van der Waals surface area contributed by atoms with Crippen LogP contribution in [0.4, 0.5) is 4.79 Å². The molecule has 5 heteroatoms. The van der Waals surface area contributed by atoms with Crippen molar-refractivity contribution in [2.75, 3.05) is 19.6 Å². The summed E-state index contributed by atoms with van der Waals surface area (Å²) < 4.78 is 0. The van der Waals surface area contributed by atoms with E-state index in [9.17, 15) is 14.7 Å². The van der Waals surface area contributed by atoms with Crippen LogP contribution in [0, 0.1) is 11.3 Å². The van der Waals surface area contributed by atoms with Crippen LogP contribution in [0.2, 0.25) is 0 Å². The number of piperidine rings is 1. The van der Waals surface area contributed by atoms with Crippen LogP contribution in [0.1, 0.15) is 40.0 Å². The fourth-order valence-corrected chi connectivity index (χ4v) is 3.24. The quantitative estimate of drug-likeness (QED) is 0.791. The lowest BCUT2D eigenvalue weighted by molar-refractivity contribution is -0.145. The smallest absolute Gasteiger partial charge is 0.326 e. The zero-order valence-corrected chi connectivity index (χ0v) is 12.1. The molecule has 0 bridgehead atoms. The van der Waals surface area contributed by atoms with Crippen molar-refractivity contribution in [3.05, 3.63) is 0 Å². The second kappa shape index (κ2) is 5.02. The monoisotopic (exact) mass is 268 g/mol. The predicted octanol–water partition coefficient (Wildman–Crippen LogP) is 2.02. The van der Waals surface area contributed by atoms with Gasteiger partial charge < -0.3 is 14.9 Å². The normalized spacial score (nSPS) is 30.5. The van der Waals surface area contributed by atoms with Gasteiger partial charge in [0.2, 0.25) is 0 Å². The largest absolute Gasteiger partial charge is 0.480 e. The molecule has 19 heavy (non-hydrogen) atoms. The molecule has 0 aromatic carbocycles. The minimum atomic E-state index is -0.876. The number of likely N-dealkylation sites (tertiary alicyclic amines) is 2. The fraction of sp³-hybridized carbons (Fsp3) is 0.857. The molecule has 2 fully saturated rings. The Hall–Kier alpha value is -1.26. The number of carboxylic acid groups (broad SMARTS) is 1. The van der Waals surface area contributed by atoms with Crippen molar-refractivity contribution in [3.8, 4) is 0 Å². The molecule has 0 aromatic heterocycles. The van der Waals surface area contributed by atoms with Crippen molar-refractivity contribution in [2.45, 2.75) is 46.1 Å². The molecule has 2 atom stereocenters. The van der Waals surface area contributed by atoms with Gasteiger partial charge in [-0.15, -0.1) is 0 Å². The van der Waals surface area contributed by atoms with Crippen LogP contribution in [-0.2, 0) is 4.79 Å². The third-order valence-electron chi connectivity index (χ3n) is 4.38. The minimum absolute atomic E-state index is 0.0332. The maximum atomic E-state index is 12.5. The molecule has 2 saturated heterocycles. The molecular weight excluding hydrogens is 244 g/mol. The Labute approximate surface area is 114 Å². The third-order valence-corrected chi connectivity index (χ3v) is 4.38. The number of carboxylic acids is 1. The molecular formula is C14H24N2O3. The van der Waals surface area contributed by atoms with Crippen molar-refractivity contribution in [1.82, 2.24) is 9.80 Å². The van der Waals surface area contributed by atoms with Crippen LogP contribution < -0.4 is 0 Å². The highest BCUT2D eigenvalue weighted by Crippen LogP contribution is 2.31. The number of carbonyl (C=O) groups excluding carboxylic acids is 1. The summed E-state index contributed by atoms with van der Waals surface area (Å²) in [5.41, 5.74) is 0.149. The zero-order valence-electron chi connectivity index (χ0n) is 12.1. The topological polar surface area (TPSA) is 60.9 Å². The van der Waals surface area contributed by atoms with E-state index in [0.717, 1.165) is 32.4 Å². The van der Waals surface area contributed by atoms with Crippen LogP contribution in [0.15, 0.2) is 0 Å². The lowest BCUT2D eigenvalue weighted by atomic mass is 9.91. The van der Waals surface area contributed by atoms with Gasteiger partial charge in [0, 0.05) is 19.6 Å². The number of amides is 2. The SMILES string of the molecule is CC1CCCN(C(=O)N2CCC(C)(C)C2)C1C(=O)O. The number of nitrogens with zero attached hydrogens (tertiary/aromatic N) is 2. The average Bonchev–Trinajstić information content (AvgIpc) is 2.68. The number of rotatable bonds is 1. The molecule has 0 aromatic rings. The van der Waals surface area contributed by atoms with E-state index in [1.165, 1.54) is 0 Å². The molecule has 108 valence electrons. The molecule has 1 N–H and O–H groups in total. The van der Waals surface area contributed by atoms with Crippen molar-refractivity contribution in [1.29, 1.82) is 0 Å². The number of hydrogen-bond donors (Lipinski definition) is 1. The number of aliphatic carboxylic acids is 1. The number of urea groups is 1. The van der Waals surface area contributed by atoms with Crippen LogP contribution in [-0.4, -0.2) is 52.6 Å². The van der Waals surface area contributed by atoms with Gasteiger partial charge in [-0.3, -0.25) is 0 Å². The summed E-state index contributed by atoms with van der Waals surface area (Å²) in [6.07, 6.45) is 2.76. The number of carbonyl (C=O) groups is 2. The first kappa shape index (κ1) is 14.2. The van der Waals surface area contributed by atoms with Crippen molar-refractivity contribution >= 4 is 12.0 Å². The Morgan fingerprint density at radius 1 is 1.26 bits per heavy atom. The van der Waals surface area contributed by atoms with E-state index >= 15 is 0 Å². The predicted molar refractivity (Wildman–Crippen MR) is 71.9 cm³/mol. The zero-order chi connectivity index (χ0) is 14.2. The van der Waals surface area contributed by atoms with Crippen molar-refractivity contribution < 1.29 is 14.7 Å². The van der Waals surface area contributed by atoms with E-state index in [4.69, 9.17) is 0 Å². The van der Waals surface area contributed by atoms with E-state index in [1.54, 1.807) is 4.90 Å². The summed E-state index contributed by atoms with van der Waals surface area (Å²) in [6, 6.07) is -0.755. The van der Waals surface area contributed by atoms with Gasteiger partial charge in [0.25, 0.3) is 0 Å². The van der Waals surface area contributed by atoms with Gasteiger partial charge in [-0.2, -0.15) is 0 Å². The molecule has 0 aliphatic carbocycles. The molecule has 2 rings (SSSR count). The molecule has 2 heterocycles. The maximum Gasteiger partial charge on any atom is 0.326 e. The van der Waals surface area contributed by atoms with Gasteiger partial charge in [0.15, 0.2) is 0 Å². The summed E-state index contributed by atoms with van der Waals surface area (Å²) in [7, 11) is 0. The lowest BCUT2D eigenvalue weighted by Crippen LogP contribution is -2.55. The average molecular weight is 268 g/mol. The number of hydrogen-bond acceptors (Lipinski definition) is 2. The molecule has 2 amide bonds. The fourth-order valence-electron chi connectivity index (χ4n) is 3.24. The van der Waals surface area contributed by atoms with E-state index in [-0.39, 0.29) is 17.4 Å². The standard InChI is InChI=1S/C14H24N2O3/c1-10-5-4-7-16(11(10)12(17)18)13(19)15-8-6-14(2,3)9-15/h10-11H,4-9H2,1-3H3,(H,17,18). The van der Waals surface area contributed by atoms with Gasteiger partial charge in [0.05, 0.1) is 0 Å². The van der Waals surface area contributed by atoms with Crippen LogP contribution >= 0.6 is 0 Å². The van der Waals surface area contributed by atoms with Gasteiger partial charge >= 0.3 is 12.0 Å². The maximum absolute atomic E-state index is 12.5. The summed E-state index contributed by atoms with van der Waals surface area (Å²) in [5.74, 6) is -0.843. The van der Waals surface area contributed by atoms with E-state index in [2.05, 4.69) is 13.8 Å². The Bertz CT molecular complexity index is 381. The second-order valence-electron chi connectivity index (χ2n) is 6.71. The first-order valence-electron chi connectivity index (χ1n) is 7.10. The van der Waals surface area contributed by atoms with E-state index < -0.39 is 12.0 Å². The summed E-state index contributed by atoms with van der Waals surface area (Å²) in [6.45, 7) is 8.25. The molecule has 0 saturated carbocycles. The molecule has 5 nitrogen and oxygen atoms in total. The highest BCUT2D eigenvalue weighted by Gasteiger charge is 2.41. The summed E-state index contributed by atoms with van der Waals surface area (Å²) in [5, 5.41) is 9.36. The highest BCUT2D eigenvalue weighted by atomic mass is 16.4. The Balaban J connectivity index is 2.11. The van der Waals surface area contributed by atoms with Crippen molar-refractivity contribution in [3.63, 3.8) is 0 Å². The first-order valence-corrected chi connectivity index (χ1v) is 7.10. The van der Waals surface area contributed by atoms with Crippen LogP contribution in [0.3, 0.4) is 0 Å². The molecule has 0 radical (unpaired) electrons. The summed E-state index contributed by atoms with van der Waals surface area (Å²) in [4.78, 5) is 27.3. The summed E-state index contributed by atoms with van der Waals surface area (Å²) >= 11 is 0. The second-order valence-corrected chi connectivity index (χ2v) is 6.71. The molecule has 0 spiro atoms. The third kappa shape index (κ3) is 2.85. The molecule has 2 unspecified atom stereocenters.